The van der Waals surface area contributed by atoms with Crippen LogP contribution in [0.3, 0.4) is 0 Å². The van der Waals surface area contributed by atoms with Crippen LogP contribution in [-0.4, -0.2) is 174 Å². The Morgan fingerprint density at radius 3 is 2.53 bits per heavy atom. The number of hydrogen-bond donors (Lipinski definition) is 2. The number of amides is 5. The van der Waals surface area contributed by atoms with E-state index < -0.39 is 51.9 Å². The molecular formula is C54H77N9O9S. The van der Waals surface area contributed by atoms with Gasteiger partial charge < -0.3 is 48.4 Å². The average Bonchev–Trinajstić information content (AvgIpc) is 3.70. The molecule has 4 fully saturated rings. The number of likely N-dealkylation sites (N-methyl/N-ethyl adjacent to an activating group) is 1. The number of likely N-dealkylation sites (tertiary alicyclic amines) is 1. The Kier molecular flexibility index (Phi) is 16.5. The maximum Gasteiger partial charge on any atom is 0.324 e. The average molecular weight is 1030 g/mol. The molecule has 3 aromatic rings. The molecule has 1 unspecified atom stereocenters. The predicted molar refractivity (Wildman–Crippen MR) is 282 cm³/mol. The van der Waals surface area contributed by atoms with E-state index in [1.165, 1.54) is 27.7 Å². The summed E-state index contributed by atoms with van der Waals surface area (Å²) >= 11 is 1.22. The quantitative estimate of drug-likeness (QED) is 0.142. The Balaban J connectivity index is 1.12. The molecule has 7 heterocycles. The zero-order valence-electron chi connectivity index (χ0n) is 44.4. The molecule has 2 N–H and O–H groups in total. The lowest BCUT2D eigenvalue weighted by Crippen LogP contribution is -2.67. The van der Waals surface area contributed by atoms with E-state index in [2.05, 4.69) is 71.8 Å². The molecule has 19 heteroatoms. The Labute approximate surface area is 434 Å². The van der Waals surface area contributed by atoms with Gasteiger partial charge in [-0.25, -0.2) is 10.2 Å². The highest BCUT2D eigenvalue weighted by atomic mass is 32.2. The highest BCUT2D eigenvalue weighted by molar-refractivity contribution is 8.00. The molecule has 5 aliphatic heterocycles. The molecule has 8 rings (SSSR count). The SMILES string of the molecule is C=CC(=O)N1CCOC2(CCN(C(=O)N(C)C(C(=O)N[C@@]3(SC)C[C@H]4CN(CCO4)c4ccc5c(c4)c(c(-c4cccnc4[C@H](C)OC)n5CC)CC(C)(C)COC(=O)[C@@H]4CCCN(N4)C3=O)C(C)C)CC2)C1. The molecule has 0 radical (unpaired) electrons. The normalized spacial score (nSPS) is 24.5. The summed E-state index contributed by atoms with van der Waals surface area (Å²) in [6.07, 6.45) is 6.89. The summed E-state index contributed by atoms with van der Waals surface area (Å²) < 4.78 is 27.2. The van der Waals surface area contributed by atoms with Gasteiger partial charge in [0.25, 0.3) is 5.91 Å². The van der Waals surface area contributed by atoms with Crippen molar-refractivity contribution in [3.63, 3.8) is 0 Å². The van der Waals surface area contributed by atoms with Crippen LogP contribution in [0.5, 0.6) is 0 Å². The number of piperidine rings is 1. The Hall–Kier alpha value is -5.21. The van der Waals surface area contributed by atoms with Crippen molar-refractivity contribution in [3.05, 3.63) is 60.4 Å². The van der Waals surface area contributed by atoms with Gasteiger partial charge in [-0.2, -0.15) is 0 Å². The first kappa shape index (κ1) is 54.1. The van der Waals surface area contributed by atoms with Gasteiger partial charge in [0.15, 0.2) is 4.87 Å². The van der Waals surface area contributed by atoms with Crippen molar-refractivity contribution in [2.24, 2.45) is 11.3 Å². The van der Waals surface area contributed by atoms with Gasteiger partial charge in [0.2, 0.25) is 11.8 Å². The van der Waals surface area contributed by atoms with E-state index in [0.717, 1.165) is 39.1 Å². The highest BCUT2D eigenvalue weighted by Crippen LogP contribution is 2.43. The molecule has 0 saturated carbocycles. The Morgan fingerprint density at radius 2 is 1.84 bits per heavy atom. The lowest BCUT2D eigenvalue weighted by atomic mass is 9.84. The van der Waals surface area contributed by atoms with Crippen LogP contribution in [0.4, 0.5) is 10.5 Å². The summed E-state index contributed by atoms with van der Waals surface area (Å²) in [5.74, 6) is -1.84. The number of nitrogens with one attached hydrogen (secondary N) is 2. The summed E-state index contributed by atoms with van der Waals surface area (Å²) in [6, 6.07) is 8.58. The highest BCUT2D eigenvalue weighted by Gasteiger charge is 2.49. The van der Waals surface area contributed by atoms with Crippen LogP contribution in [-0.2, 0) is 51.1 Å². The van der Waals surface area contributed by atoms with Gasteiger partial charge in [-0.3, -0.25) is 29.2 Å². The lowest BCUT2D eigenvalue weighted by Gasteiger charge is -2.48. The topological polar surface area (TPSA) is 180 Å². The van der Waals surface area contributed by atoms with E-state index in [0.29, 0.717) is 97.7 Å². The van der Waals surface area contributed by atoms with Gasteiger partial charge in [0.05, 0.1) is 55.6 Å². The molecule has 4 saturated heterocycles. The number of ether oxygens (including phenoxy) is 4. The molecule has 5 atom stereocenters. The molecule has 398 valence electrons. The van der Waals surface area contributed by atoms with Crippen LogP contribution in [0.1, 0.15) is 91.0 Å². The number of carbonyl (C=O) groups is 5. The summed E-state index contributed by atoms with van der Waals surface area (Å²) in [7, 11) is 3.33. The number of pyridine rings is 1. The third-order valence-corrected chi connectivity index (χ3v) is 16.8. The van der Waals surface area contributed by atoms with Gasteiger partial charge in [-0.05, 0) is 100 Å². The van der Waals surface area contributed by atoms with Gasteiger partial charge in [0, 0.05) is 100 Å². The first-order valence-electron chi connectivity index (χ1n) is 26.1. The van der Waals surface area contributed by atoms with Gasteiger partial charge in [-0.1, -0.05) is 34.3 Å². The summed E-state index contributed by atoms with van der Waals surface area (Å²) in [5, 5.41) is 5.77. The van der Waals surface area contributed by atoms with Crippen molar-refractivity contribution in [1.82, 2.24) is 40.0 Å². The zero-order valence-corrected chi connectivity index (χ0v) is 45.2. The van der Waals surface area contributed by atoms with Crippen LogP contribution in [0.2, 0.25) is 0 Å². The fraction of sp³-hybridized carbons (Fsp3) is 0.630. The van der Waals surface area contributed by atoms with Crippen molar-refractivity contribution >= 4 is 58.1 Å². The number of benzene rings is 1. The third-order valence-electron chi connectivity index (χ3n) is 15.6. The fourth-order valence-electron chi connectivity index (χ4n) is 11.6. The van der Waals surface area contributed by atoms with Crippen molar-refractivity contribution in [2.45, 2.75) is 121 Å². The molecule has 5 aliphatic rings. The minimum atomic E-state index is -1.58. The Morgan fingerprint density at radius 1 is 1.07 bits per heavy atom. The molecule has 6 bridgehead atoms. The number of esters is 1. The predicted octanol–water partition coefficient (Wildman–Crippen LogP) is 5.78. The van der Waals surface area contributed by atoms with Crippen LogP contribution in [0.15, 0.2) is 49.2 Å². The van der Waals surface area contributed by atoms with E-state index >= 15 is 9.59 Å². The number of aryl methyl sites for hydroxylation is 1. The lowest BCUT2D eigenvalue weighted by molar-refractivity contribution is -0.156. The van der Waals surface area contributed by atoms with Crippen LogP contribution in [0.25, 0.3) is 22.2 Å². The molecule has 73 heavy (non-hydrogen) atoms. The molecule has 5 amide bonds. The van der Waals surface area contributed by atoms with E-state index in [4.69, 9.17) is 23.9 Å². The van der Waals surface area contributed by atoms with E-state index in [-0.39, 0.29) is 37.0 Å². The van der Waals surface area contributed by atoms with Gasteiger partial charge in [-0.15, -0.1) is 11.8 Å². The van der Waals surface area contributed by atoms with Crippen molar-refractivity contribution in [2.75, 3.05) is 90.9 Å². The number of urea groups is 1. The number of nitrogens with zero attached hydrogens (tertiary/aromatic N) is 7. The smallest absolute Gasteiger partial charge is 0.324 e. The van der Waals surface area contributed by atoms with Crippen LogP contribution >= 0.6 is 11.8 Å². The number of fused-ring (bicyclic) bond motifs is 6. The molecular weight excluding hydrogens is 951 g/mol. The minimum Gasteiger partial charge on any atom is -0.464 e. The summed E-state index contributed by atoms with van der Waals surface area (Å²) in [4.78, 5) is 82.0. The number of thioether (sulfide) groups is 1. The summed E-state index contributed by atoms with van der Waals surface area (Å²) in [6.45, 7) is 20.5. The van der Waals surface area contributed by atoms with E-state index in [1.54, 1.807) is 36.4 Å². The standard InChI is InChI=1S/C54H77N9O9S/c1-11-44(64)61-26-28-72-53(33-61)19-23-59(24-20-53)51(68)58(8)46(35(3)4)48(65)56-54(73-10)30-38-32-60(25-27-70-38)37-17-18-43-40(29-37)41(47(62(43)12-2)39-15-13-21-55-45(39)36(5)69-9)31-52(6,7)34-71-49(66)42-16-14-22-63(57-42)50(54)67/h11,13,15,17-18,21,29,35-36,38,42,46,57H,1,12,14,16,19-20,22-28,30-34H2,2-10H3,(H,56,65)/t36-,38-,42-,46?,54+/m0/s1. The third kappa shape index (κ3) is 11.1. The largest absolute Gasteiger partial charge is 0.464 e. The number of anilines is 1. The van der Waals surface area contributed by atoms with Crippen molar-refractivity contribution < 1.29 is 42.9 Å². The van der Waals surface area contributed by atoms with Crippen molar-refractivity contribution in [1.29, 1.82) is 0 Å². The number of aromatic nitrogens is 2. The second-order valence-electron chi connectivity index (χ2n) is 21.5. The first-order valence-corrected chi connectivity index (χ1v) is 27.3. The number of carbonyl (C=O) groups excluding carboxylic acids is 5. The first-order chi connectivity index (χ1) is 34.9. The fourth-order valence-corrected chi connectivity index (χ4v) is 12.5. The molecule has 18 nitrogen and oxygen atoms in total. The minimum absolute atomic E-state index is 0.101. The monoisotopic (exact) mass is 1030 g/mol. The summed E-state index contributed by atoms with van der Waals surface area (Å²) in [5.41, 5.74) is 8.22. The van der Waals surface area contributed by atoms with Gasteiger partial charge in [0.1, 0.15) is 12.1 Å². The number of hydrogen-bond acceptors (Lipinski definition) is 13. The molecule has 1 spiro atoms. The van der Waals surface area contributed by atoms with Crippen LogP contribution in [0, 0.1) is 11.3 Å². The van der Waals surface area contributed by atoms with Crippen molar-refractivity contribution in [3.8, 4) is 11.3 Å². The zero-order chi connectivity index (χ0) is 52.4. The van der Waals surface area contributed by atoms with Crippen LogP contribution < -0.4 is 15.6 Å². The van der Waals surface area contributed by atoms with E-state index in [1.807, 2.05) is 26.8 Å². The number of hydrazine groups is 1. The number of methoxy groups -OCH3 is 1. The second kappa shape index (κ2) is 22.3. The maximum atomic E-state index is 15.4. The Bertz CT molecular complexity index is 2540. The maximum absolute atomic E-state index is 15.4. The number of morpholine rings is 2. The second-order valence-corrected chi connectivity index (χ2v) is 22.6. The van der Waals surface area contributed by atoms with Gasteiger partial charge >= 0.3 is 12.0 Å². The molecule has 2 aromatic heterocycles. The van der Waals surface area contributed by atoms with E-state index in [9.17, 15) is 14.4 Å². The molecule has 0 aliphatic carbocycles. The number of rotatable bonds is 10. The molecule has 1 aromatic carbocycles. The number of cyclic esters (lactones) is 1.